The molecule has 0 aliphatic rings. The number of benzene rings is 1. The highest BCUT2D eigenvalue weighted by Gasteiger charge is 2.18. The predicted molar refractivity (Wildman–Crippen MR) is 97.3 cm³/mol. The van der Waals surface area contributed by atoms with Crippen LogP contribution >= 0.6 is 12.4 Å². The van der Waals surface area contributed by atoms with Crippen molar-refractivity contribution in [2.45, 2.75) is 19.4 Å². The van der Waals surface area contributed by atoms with E-state index in [2.05, 4.69) is 10.4 Å². The molecule has 2 aromatic rings. The van der Waals surface area contributed by atoms with Crippen molar-refractivity contribution in [1.82, 2.24) is 20.0 Å². The molecular formula is C17H23ClN4O3. The average molecular weight is 367 g/mol. The molecule has 1 unspecified atom stereocenters. The highest BCUT2D eigenvalue weighted by molar-refractivity contribution is 5.85. The number of amides is 1. The van der Waals surface area contributed by atoms with Gasteiger partial charge in [-0.1, -0.05) is 18.2 Å². The zero-order valence-corrected chi connectivity index (χ0v) is 15.1. The molecule has 1 amide bonds. The van der Waals surface area contributed by atoms with Crippen molar-refractivity contribution in [2.24, 2.45) is 0 Å². The van der Waals surface area contributed by atoms with Gasteiger partial charge in [0, 0.05) is 12.7 Å². The van der Waals surface area contributed by atoms with E-state index in [1.807, 2.05) is 36.5 Å². The van der Waals surface area contributed by atoms with Crippen molar-refractivity contribution in [3.05, 3.63) is 48.3 Å². The lowest BCUT2D eigenvalue weighted by atomic mass is 10.2. The summed E-state index contributed by atoms with van der Waals surface area (Å²) in [6.07, 6.45) is 4.37. The predicted octanol–water partition coefficient (Wildman–Crippen LogP) is 1.36. The topological polar surface area (TPSA) is 87.5 Å². The van der Waals surface area contributed by atoms with E-state index in [9.17, 15) is 9.59 Å². The number of carbonyl (C=O) groups is 2. The summed E-state index contributed by atoms with van der Waals surface area (Å²) in [5.41, 5.74) is 2.00. The van der Waals surface area contributed by atoms with Crippen LogP contribution < -0.4 is 5.32 Å². The fourth-order valence-electron chi connectivity index (χ4n) is 2.17. The molecule has 0 radical (unpaired) electrons. The Morgan fingerprint density at radius 1 is 1.32 bits per heavy atom. The smallest absolute Gasteiger partial charge is 0.320 e. The van der Waals surface area contributed by atoms with Gasteiger partial charge in [0.15, 0.2) is 0 Å². The molecule has 0 saturated carbocycles. The van der Waals surface area contributed by atoms with Gasteiger partial charge < -0.3 is 10.4 Å². The minimum absolute atomic E-state index is 0. The van der Waals surface area contributed by atoms with E-state index in [0.29, 0.717) is 13.0 Å². The Balaban J connectivity index is 0.00000312. The summed E-state index contributed by atoms with van der Waals surface area (Å²) in [4.78, 5) is 24.2. The van der Waals surface area contributed by atoms with Crippen molar-refractivity contribution in [3.8, 4) is 5.69 Å². The summed E-state index contributed by atoms with van der Waals surface area (Å²) in [6.45, 7) is 2.08. The van der Waals surface area contributed by atoms with Crippen LogP contribution in [0.15, 0.2) is 42.7 Å². The number of carbonyl (C=O) groups excluding carboxylic acids is 1. The van der Waals surface area contributed by atoms with Crippen LogP contribution in [0, 0.1) is 0 Å². The van der Waals surface area contributed by atoms with Crippen LogP contribution in [-0.4, -0.2) is 57.8 Å². The first-order valence-corrected chi connectivity index (χ1v) is 7.76. The van der Waals surface area contributed by atoms with E-state index in [4.69, 9.17) is 5.11 Å². The zero-order chi connectivity index (χ0) is 17.5. The summed E-state index contributed by atoms with van der Waals surface area (Å²) in [7, 11) is 1.61. The van der Waals surface area contributed by atoms with Gasteiger partial charge >= 0.3 is 5.97 Å². The van der Waals surface area contributed by atoms with Crippen molar-refractivity contribution in [3.63, 3.8) is 0 Å². The molecule has 1 aromatic carbocycles. The molecule has 1 heterocycles. The monoisotopic (exact) mass is 366 g/mol. The second kappa shape index (κ2) is 9.80. The van der Waals surface area contributed by atoms with Crippen LogP contribution in [0.25, 0.3) is 5.69 Å². The molecule has 7 nitrogen and oxygen atoms in total. The molecule has 0 aliphatic carbocycles. The second-order valence-electron chi connectivity index (χ2n) is 5.66. The molecule has 0 spiro atoms. The van der Waals surface area contributed by atoms with E-state index < -0.39 is 12.0 Å². The lowest BCUT2D eigenvalue weighted by Crippen LogP contribution is -2.43. The van der Waals surface area contributed by atoms with Gasteiger partial charge in [-0.2, -0.15) is 5.10 Å². The molecule has 2 N–H and O–H groups in total. The Labute approximate surface area is 153 Å². The molecule has 0 fully saturated rings. The SMILES string of the molecule is CC(C(=O)O)N(C)CC(=O)NCCc1cnn(-c2ccccc2)c1.Cl. The van der Waals surface area contributed by atoms with Crippen LogP contribution in [0.5, 0.6) is 0 Å². The zero-order valence-electron chi connectivity index (χ0n) is 14.3. The second-order valence-corrected chi connectivity index (χ2v) is 5.66. The van der Waals surface area contributed by atoms with Crippen LogP contribution in [0.2, 0.25) is 0 Å². The lowest BCUT2D eigenvalue weighted by Gasteiger charge is -2.20. The highest BCUT2D eigenvalue weighted by Crippen LogP contribution is 2.07. The summed E-state index contributed by atoms with van der Waals surface area (Å²) in [5, 5.41) is 16.0. The third-order valence-corrected chi connectivity index (χ3v) is 3.80. The Kier molecular flexibility index (Phi) is 8.10. The lowest BCUT2D eigenvalue weighted by molar-refractivity contribution is -0.142. The highest BCUT2D eigenvalue weighted by atomic mass is 35.5. The molecule has 8 heteroatoms. The molecular weight excluding hydrogens is 344 g/mol. The number of likely N-dealkylation sites (N-methyl/N-ethyl adjacent to an activating group) is 1. The van der Waals surface area contributed by atoms with Crippen molar-refractivity contribution in [2.75, 3.05) is 20.1 Å². The minimum Gasteiger partial charge on any atom is -0.480 e. The normalized spacial score (nSPS) is 11.6. The van der Waals surface area contributed by atoms with Crippen LogP contribution in [0.4, 0.5) is 0 Å². The molecule has 25 heavy (non-hydrogen) atoms. The Hall–Kier alpha value is -2.38. The van der Waals surface area contributed by atoms with Crippen molar-refractivity contribution >= 4 is 24.3 Å². The van der Waals surface area contributed by atoms with Gasteiger partial charge in [0.2, 0.25) is 5.91 Å². The summed E-state index contributed by atoms with van der Waals surface area (Å²) in [5.74, 6) is -1.14. The maximum Gasteiger partial charge on any atom is 0.320 e. The average Bonchev–Trinajstić information content (AvgIpc) is 3.03. The van der Waals surface area contributed by atoms with Crippen LogP contribution in [0.3, 0.4) is 0 Å². The first-order chi connectivity index (χ1) is 11.5. The van der Waals surface area contributed by atoms with Crippen molar-refractivity contribution < 1.29 is 14.7 Å². The molecule has 0 aliphatic heterocycles. The van der Waals surface area contributed by atoms with E-state index >= 15 is 0 Å². The number of aromatic nitrogens is 2. The Bertz CT molecular complexity index is 690. The summed E-state index contributed by atoms with van der Waals surface area (Å²) >= 11 is 0. The summed E-state index contributed by atoms with van der Waals surface area (Å²) < 4.78 is 1.79. The maximum absolute atomic E-state index is 11.8. The quantitative estimate of drug-likeness (QED) is 0.736. The number of carboxylic acids is 1. The molecule has 0 bridgehead atoms. The fourth-order valence-corrected chi connectivity index (χ4v) is 2.17. The number of nitrogens with zero attached hydrogens (tertiary/aromatic N) is 3. The van der Waals surface area contributed by atoms with Gasteiger partial charge in [-0.3, -0.25) is 14.5 Å². The van der Waals surface area contributed by atoms with E-state index in [1.54, 1.807) is 24.9 Å². The number of aliphatic carboxylic acids is 1. The molecule has 2 rings (SSSR count). The van der Waals surface area contributed by atoms with E-state index in [0.717, 1.165) is 11.3 Å². The minimum atomic E-state index is -0.946. The third kappa shape index (κ3) is 6.21. The first-order valence-electron chi connectivity index (χ1n) is 7.76. The number of rotatable bonds is 8. The van der Waals surface area contributed by atoms with Gasteiger partial charge in [0.05, 0.1) is 18.4 Å². The molecule has 0 saturated heterocycles. The number of hydrogen-bond donors (Lipinski definition) is 2. The number of hydrogen-bond acceptors (Lipinski definition) is 4. The number of halogens is 1. The Morgan fingerprint density at radius 3 is 2.64 bits per heavy atom. The fraction of sp³-hybridized carbons (Fsp3) is 0.353. The van der Waals surface area contributed by atoms with Gasteiger partial charge in [0.25, 0.3) is 0 Å². The molecule has 1 atom stereocenters. The van der Waals surface area contributed by atoms with E-state index in [1.165, 1.54) is 4.90 Å². The van der Waals surface area contributed by atoms with Gasteiger partial charge in [-0.05, 0) is 38.1 Å². The third-order valence-electron chi connectivity index (χ3n) is 3.80. The van der Waals surface area contributed by atoms with Gasteiger partial charge in [-0.25, -0.2) is 4.68 Å². The van der Waals surface area contributed by atoms with Gasteiger partial charge in [-0.15, -0.1) is 12.4 Å². The van der Waals surface area contributed by atoms with Crippen LogP contribution in [0.1, 0.15) is 12.5 Å². The van der Waals surface area contributed by atoms with Gasteiger partial charge in [0.1, 0.15) is 6.04 Å². The molecule has 136 valence electrons. The van der Waals surface area contributed by atoms with E-state index in [-0.39, 0.29) is 24.9 Å². The first kappa shape index (κ1) is 20.7. The standard InChI is InChI=1S/C17H22N4O3.ClH/c1-13(17(23)24)20(2)12-16(22)18-9-8-14-10-19-21(11-14)15-6-4-3-5-7-15;/h3-7,10-11,13H,8-9,12H2,1-2H3,(H,18,22)(H,23,24);1H. The van der Waals surface area contributed by atoms with Crippen LogP contribution in [-0.2, 0) is 16.0 Å². The largest absolute Gasteiger partial charge is 0.480 e. The van der Waals surface area contributed by atoms with Crippen molar-refractivity contribution in [1.29, 1.82) is 0 Å². The maximum atomic E-state index is 11.8. The number of para-hydroxylation sites is 1. The molecule has 1 aromatic heterocycles. The number of nitrogens with one attached hydrogen (secondary N) is 1. The summed E-state index contributed by atoms with van der Waals surface area (Å²) in [6, 6.07) is 9.10. The Morgan fingerprint density at radius 2 is 2.00 bits per heavy atom. The number of carboxylic acid groups (broad SMARTS) is 1.